The second-order valence-corrected chi connectivity index (χ2v) is 9.28. The minimum absolute atomic E-state index is 0.0506. The number of nitrogens with zero attached hydrogens (tertiary/aromatic N) is 6. The van der Waals surface area contributed by atoms with Gasteiger partial charge in [-0.15, -0.1) is 0 Å². The van der Waals surface area contributed by atoms with Crippen LogP contribution in [0.25, 0.3) is 5.82 Å². The first-order valence-electron chi connectivity index (χ1n) is 9.22. The van der Waals surface area contributed by atoms with Gasteiger partial charge in [0.25, 0.3) is 0 Å². The van der Waals surface area contributed by atoms with Gasteiger partial charge in [0.2, 0.25) is 10.0 Å². The first kappa shape index (κ1) is 19.8. The number of aryl methyl sites for hydroxylation is 1. The summed E-state index contributed by atoms with van der Waals surface area (Å²) in [5.74, 6) is 2.13. The molecule has 152 valence electrons. The van der Waals surface area contributed by atoms with Crippen LogP contribution in [0, 0.1) is 6.92 Å². The van der Waals surface area contributed by atoms with Crippen molar-refractivity contribution in [2.75, 3.05) is 31.1 Å². The number of hydrogen-bond donors (Lipinski definition) is 0. The van der Waals surface area contributed by atoms with Gasteiger partial charge < -0.3 is 4.90 Å². The SMILES string of the molecule is Cc1nc(N2CCN(S(=O)(=O)Cc3cccc(Cl)c3)CC2)cc(-n2ccnc2)n1. The van der Waals surface area contributed by atoms with E-state index in [1.165, 1.54) is 4.31 Å². The largest absolute Gasteiger partial charge is 0.354 e. The highest BCUT2D eigenvalue weighted by Gasteiger charge is 2.28. The van der Waals surface area contributed by atoms with Crippen molar-refractivity contribution in [1.82, 2.24) is 23.8 Å². The third kappa shape index (κ3) is 4.58. The van der Waals surface area contributed by atoms with Crippen molar-refractivity contribution in [3.8, 4) is 5.82 Å². The standard InChI is InChI=1S/C19H21ClN6O2S/c1-15-22-18(12-19(23-15)25-6-5-21-14-25)24-7-9-26(10-8-24)29(27,28)13-16-3-2-4-17(20)11-16/h2-6,11-12,14H,7-10,13H2,1H3. The van der Waals surface area contributed by atoms with Gasteiger partial charge in [0.1, 0.15) is 23.8 Å². The van der Waals surface area contributed by atoms with E-state index in [1.54, 1.807) is 36.8 Å². The lowest BCUT2D eigenvalue weighted by molar-refractivity contribution is 0.383. The van der Waals surface area contributed by atoms with E-state index in [9.17, 15) is 8.42 Å². The molecule has 3 heterocycles. The average molecular weight is 433 g/mol. The zero-order valence-electron chi connectivity index (χ0n) is 15.9. The molecule has 0 spiro atoms. The molecule has 1 aliphatic rings. The maximum atomic E-state index is 12.8. The van der Waals surface area contributed by atoms with Crippen LogP contribution in [0.1, 0.15) is 11.4 Å². The Balaban J connectivity index is 1.45. The van der Waals surface area contributed by atoms with Gasteiger partial charge in [0.15, 0.2) is 0 Å². The fourth-order valence-electron chi connectivity index (χ4n) is 3.35. The normalized spacial score (nSPS) is 15.6. The summed E-state index contributed by atoms with van der Waals surface area (Å²) in [5, 5.41) is 0.537. The van der Waals surface area contributed by atoms with Gasteiger partial charge in [-0.05, 0) is 24.6 Å². The average Bonchev–Trinajstić information content (AvgIpc) is 3.22. The third-order valence-electron chi connectivity index (χ3n) is 4.77. The van der Waals surface area contributed by atoms with Gasteiger partial charge >= 0.3 is 0 Å². The number of aromatic nitrogens is 4. The first-order valence-corrected chi connectivity index (χ1v) is 11.2. The van der Waals surface area contributed by atoms with Crippen molar-refractivity contribution in [2.45, 2.75) is 12.7 Å². The summed E-state index contributed by atoms with van der Waals surface area (Å²) >= 11 is 5.98. The summed E-state index contributed by atoms with van der Waals surface area (Å²) in [6.07, 6.45) is 5.21. The minimum atomic E-state index is -3.41. The zero-order chi connectivity index (χ0) is 20.4. The third-order valence-corrected chi connectivity index (χ3v) is 6.86. The van der Waals surface area contributed by atoms with E-state index in [0.717, 1.165) is 11.6 Å². The number of benzene rings is 1. The Hall–Kier alpha value is -2.49. The Morgan fingerprint density at radius 3 is 2.52 bits per heavy atom. The van der Waals surface area contributed by atoms with E-state index < -0.39 is 10.0 Å². The molecular formula is C19H21ClN6O2S. The maximum absolute atomic E-state index is 12.8. The summed E-state index contributed by atoms with van der Waals surface area (Å²) in [4.78, 5) is 15.1. The fourth-order valence-corrected chi connectivity index (χ4v) is 5.07. The van der Waals surface area contributed by atoms with Crippen LogP contribution in [-0.4, -0.2) is 58.4 Å². The Morgan fingerprint density at radius 2 is 1.83 bits per heavy atom. The molecular weight excluding hydrogens is 412 g/mol. The van der Waals surface area contributed by atoms with E-state index in [4.69, 9.17) is 11.6 Å². The zero-order valence-corrected chi connectivity index (χ0v) is 17.5. The highest BCUT2D eigenvalue weighted by Crippen LogP contribution is 2.20. The molecule has 0 aliphatic carbocycles. The Bertz CT molecular complexity index is 1100. The van der Waals surface area contributed by atoms with Gasteiger partial charge in [0.05, 0.1) is 5.75 Å². The molecule has 4 rings (SSSR count). The molecule has 0 saturated carbocycles. The van der Waals surface area contributed by atoms with E-state index >= 15 is 0 Å². The van der Waals surface area contributed by atoms with E-state index in [-0.39, 0.29) is 5.75 Å². The Morgan fingerprint density at radius 1 is 1.07 bits per heavy atom. The molecule has 0 unspecified atom stereocenters. The summed E-state index contributed by atoms with van der Waals surface area (Å²) in [7, 11) is -3.41. The number of hydrogen-bond acceptors (Lipinski definition) is 6. The number of anilines is 1. The molecule has 0 radical (unpaired) electrons. The van der Waals surface area contributed by atoms with Gasteiger partial charge in [-0.1, -0.05) is 23.7 Å². The molecule has 0 N–H and O–H groups in total. The molecule has 1 fully saturated rings. The van der Waals surface area contributed by atoms with E-state index in [0.29, 0.717) is 42.6 Å². The molecule has 1 aliphatic heterocycles. The second kappa shape index (κ2) is 8.10. The van der Waals surface area contributed by atoms with Crippen LogP contribution >= 0.6 is 11.6 Å². The first-order chi connectivity index (χ1) is 13.9. The molecule has 8 nitrogen and oxygen atoms in total. The number of halogens is 1. The van der Waals surface area contributed by atoms with Crippen LogP contribution in [0.5, 0.6) is 0 Å². The van der Waals surface area contributed by atoms with E-state index in [1.807, 2.05) is 23.8 Å². The Labute approximate surface area is 174 Å². The summed E-state index contributed by atoms with van der Waals surface area (Å²) in [6, 6.07) is 8.86. The monoisotopic (exact) mass is 432 g/mol. The molecule has 0 atom stereocenters. The predicted octanol–water partition coefficient (Wildman–Crippen LogP) is 2.28. The number of imidazole rings is 1. The van der Waals surface area contributed by atoms with Crippen LogP contribution in [0.2, 0.25) is 5.02 Å². The fraction of sp³-hybridized carbons (Fsp3) is 0.316. The van der Waals surface area contributed by atoms with Crippen molar-refractivity contribution in [2.24, 2.45) is 0 Å². The van der Waals surface area contributed by atoms with Crippen LogP contribution in [-0.2, 0) is 15.8 Å². The topological polar surface area (TPSA) is 84.2 Å². The minimum Gasteiger partial charge on any atom is -0.354 e. The molecule has 1 aromatic carbocycles. The molecule has 0 bridgehead atoms. The lowest BCUT2D eigenvalue weighted by Gasteiger charge is -2.34. The number of piperazine rings is 1. The van der Waals surface area contributed by atoms with Crippen LogP contribution in [0.3, 0.4) is 0 Å². The van der Waals surface area contributed by atoms with Crippen LogP contribution in [0.4, 0.5) is 5.82 Å². The molecule has 1 saturated heterocycles. The molecule has 2 aromatic heterocycles. The quantitative estimate of drug-likeness (QED) is 0.615. The van der Waals surface area contributed by atoms with Crippen molar-refractivity contribution in [3.05, 3.63) is 65.5 Å². The predicted molar refractivity (Wildman–Crippen MR) is 112 cm³/mol. The van der Waals surface area contributed by atoms with Gasteiger partial charge in [-0.2, -0.15) is 4.31 Å². The van der Waals surface area contributed by atoms with Crippen LogP contribution in [0.15, 0.2) is 49.1 Å². The molecule has 29 heavy (non-hydrogen) atoms. The second-order valence-electron chi connectivity index (χ2n) is 6.87. The highest BCUT2D eigenvalue weighted by molar-refractivity contribution is 7.88. The van der Waals surface area contributed by atoms with Crippen molar-refractivity contribution >= 4 is 27.4 Å². The van der Waals surface area contributed by atoms with Gasteiger partial charge in [-0.25, -0.2) is 23.4 Å². The lowest BCUT2D eigenvalue weighted by Crippen LogP contribution is -2.49. The highest BCUT2D eigenvalue weighted by atomic mass is 35.5. The van der Waals surface area contributed by atoms with Crippen LogP contribution < -0.4 is 4.90 Å². The maximum Gasteiger partial charge on any atom is 0.218 e. The van der Waals surface area contributed by atoms with Crippen molar-refractivity contribution < 1.29 is 8.42 Å². The Kier molecular flexibility index (Phi) is 5.53. The lowest BCUT2D eigenvalue weighted by atomic mass is 10.2. The smallest absolute Gasteiger partial charge is 0.218 e. The van der Waals surface area contributed by atoms with Gasteiger partial charge in [0, 0.05) is 49.7 Å². The summed E-state index contributed by atoms with van der Waals surface area (Å²) < 4.78 is 29.0. The number of rotatable bonds is 5. The summed E-state index contributed by atoms with van der Waals surface area (Å²) in [5.41, 5.74) is 0.691. The molecule has 3 aromatic rings. The number of sulfonamides is 1. The van der Waals surface area contributed by atoms with Gasteiger partial charge in [-0.3, -0.25) is 4.57 Å². The summed E-state index contributed by atoms with van der Waals surface area (Å²) in [6.45, 7) is 3.79. The van der Waals surface area contributed by atoms with Crippen molar-refractivity contribution in [3.63, 3.8) is 0 Å². The molecule has 0 amide bonds. The van der Waals surface area contributed by atoms with Crippen molar-refractivity contribution in [1.29, 1.82) is 0 Å². The molecule has 10 heteroatoms. The van der Waals surface area contributed by atoms with E-state index in [2.05, 4.69) is 19.9 Å².